The van der Waals surface area contributed by atoms with Crippen molar-refractivity contribution in [1.29, 1.82) is 0 Å². The van der Waals surface area contributed by atoms with Gasteiger partial charge in [0.25, 0.3) is 5.91 Å². The summed E-state index contributed by atoms with van der Waals surface area (Å²) in [5.41, 5.74) is 2.43. The Morgan fingerprint density at radius 1 is 1.17 bits per heavy atom. The summed E-state index contributed by atoms with van der Waals surface area (Å²) < 4.78 is 2.94. The molecule has 1 N–H and O–H groups in total. The number of anilines is 1. The number of carbonyl (C=O) groups excluding carboxylic acids is 1. The molecule has 0 saturated heterocycles. The minimum Gasteiger partial charge on any atom is -0.300 e. The van der Waals surface area contributed by atoms with Crippen molar-refractivity contribution in [2.75, 3.05) is 5.32 Å². The van der Waals surface area contributed by atoms with Crippen LogP contribution in [0.25, 0.3) is 15.3 Å². The number of fused-ring (bicyclic) bond motifs is 1. The van der Waals surface area contributed by atoms with Crippen LogP contribution in [-0.4, -0.2) is 20.4 Å². The molecule has 0 saturated carbocycles. The molecule has 7 heteroatoms. The molecule has 3 heterocycles. The summed E-state index contributed by atoms with van der Waals surface area (Å²) in [6, 6.07) is 9.85. The number of nitrogens with one attached hydrogen (secondary N) is 1. The van der Waals surface area contributed by atoms with E-state index in [1.165, 1.54) is 22.7 Å². The second-order valence-corrected chi connectivity index (χ2v) is 6.87. The lowest BCUT2D eigenvalue weighted by Gasteiger charge is -1.97. The van der Waals surface area contributed by atoms with Gasteiger partial charge in [0.1, 0.15) is 5.69 Å². The minimum absolute atomic E-state index is 0.239. The molecule has 0 radical (unpaired) electrons. The van der Waals surface area contributed by atoms with Crippen molar-refractivity contribution in [3.63, 3.8) is 0 Å². The van der Waals surface area contributed by atoms with Crippen LogP contribution in [0.5, 0.6) is 0 Å². The number of amides is 1. The summed E-state index contributed by atoms with van der Waals surface area (Å²) in [6.07, 6.45) is 3.80. The van der Waals surface area contributed by atoms with Crippen LogP contribution in [-0.2, 0) is 0 Å². The van der Waals surface area contributed by atoms with Gasteiger partial charge in [0.2, 0.25) is 0 Å². The van der Waals surface area contributed by atoms with E-state index in [0.717, 1.165) is 20.9 Å². The summed E-state index contributed by atoms with van der Waals surface area (Å²) in [7, 11) is 0. The van der Waals surface area contributed by atoms with Gasteiger partial charge in [-0.2, -0.15) is 0 Å². The van der Waals surface area contributed by atoms with Crippen molar-refractivity contribution in [2.45, 2.75) is 6.92 Å². The maximum Gasteiger partial charge on any atom is 0.276 e. The second kappa shape index (κ2) is 5.60. The molecule has 0 fully saturated rings. The molecule has 0 aliphatic carbocycles. The Kier molecular flexibility index (Phi) is 3.44. The lowest BCUT2D eigenvalue weighted by molar-refractivity contribution is 0.102. The van der Waals surface area contributed by atoms with Crippen LogP contribution in [0.15, 0.2) is 48.1 Å². The molecule has 0 bridgehead atoms. The van der Waals surface area contributed by atoms with E-state index in [2.05, 4.69) is 15.3 Å². The third kappa shape index (κ3) is 2.64. The highest BCUT2D eigenvalue weighted by Crippen LogP contribution is 2.28. The molecule has 0 spiro atoms. The zero-order valence-corrected chi connectivity index (χ0v) is 13.8. The standard InChI is InChI=1S/C16H12N4OS2/c1-10-5-4-6-12-13(10)18-15(23-12)19-14(21)11-9-22-16(17-11)20-7-2-3-8-20/h2-9H,1H3,(H,18,19,21). The molecule has 1 aromatic carbocycles. The number of aryl methyl sites for hydroxylation is 1. The topological polar surface area (TPSA) is 59.8 Å². The molecule has 23 heavy (non-hydrogen) atoms. The van der Waals surface area contributed by atoms with E-state index in [1.807, 2.05) is 54.2 Å². The first-order chi connectivity index (χ1) is 11.2. The van der Waals surface area contributed by atoms with E-state index in [0.29, 0.717) is 10.8 Å². The number of thiazole rings is 2. The molecule has 5 nitrogen and oxygen atoms in total. The van der Waals surface area contributed by atoms with Gasteiger partial charge in [-0.05, 0) is 30.7 Å². The zero-order chi connectivity index (χ0) is 15.8. The van der Waals surface area contributed by atoms with Crippen LogP contribution in [0.1, 0.15) is 16.1 Å². The molecule has 0 atom stereocenters. The van der Waals surface area contributed by atoms with Crippen molar-refractivity contribution >= 4 is 43.9 Å². The minimum atomic E-state index is -0.239. The van der Waals surface area contributed by atoms with Gasteiger partial charge in [-0.15, -0.1) is 11.3 Å². The number of benzene rings is 1. The molecular weight excluding hydrogens is 328 g/mol. The maximum absolute atomic E-state index is 12.3. The highest BCUT2D eigenvalue weighted by atomic mass is 32.1. The predicted molar refractivity (Wildman–Crippen MR) is 93.8 cm³/mol. The van der Waals surface area contributed by atoms with Crippen molar-refractivity contribution in [3.8, 4) is 5.13 Å². The van der Waals surface area contributed by atoms with E-state index < -0.39 is 0 Å². The lowest BCUT2D eigenvalue weighted by Crippen LogP contribution is -2.12. The van der Waals surface area contributed by atoms with Crippen molar-refractivity contribution in [3.05, 3.63) is 59.4 Å². The fraction of sp³-hybridized carbons (Fsp3) is 0.0625. The number of para-hydroxylation sites is 1. The van der Waals surface area contributed by atoms with Gasteiger partial charge >= 0.3 is 0 Å². The van der Waals surface area contributed by atoms with E-state index in [9.17, 15) is 4.79 Å². The second-order valence-electron chi connectivity index (χ2n) is 5.00. The predicted octanol–water partition coefficient (Wildman–Crippen LogP) is 4.10. The summed E-state index contributed by atoms with van der Waals surface area (Å²) in [5.74, 6) is -0.239. The Hall–Kier alpha value is -2.51. The van der Waals surface area contributed by atoms with Crippen LogP contribution in [0.4, 0.5) is 5.13 Å². The summed E-state index contributed by atoms with van der Waals surface area (Å²) >= 11 is 2.89. The molecule has 0 aliphatic rings. The fourth-order valence-electron chi connectivity index (χ4n) is 2.25. The average molecular weight is 340 g/mol. The van der Waals surface area contributed by atoms with Gasteiger partial charge in [-0.25, -0.2) is 9.97 Å². The van der Waals surface area contributed by atoms with E-state index in [4.69, 9.17) is 0 Å². The molecule has 1 amide bonds. The smallest absolute Gasteiger partial charge is 0.276 e. The highest BCUT2D eigenvalue weighted by Gasteiger charge is 2.14. The van der Waals surface area contributed by atoms with Crippen LogP contribution >= 0.6 is 22.7 Å². The normalized spacial score (nSPS) is 11.0. The molecule has 0 aliphatic heterocycles. The monoisotopic (exact) mass is 340 g/mol. The van der Waals surface area contributed by atoms with E-state index in [1.54, 1.807) is 5.38 Å². The quantitative estimate of drug-likeness (QED) is 0.611. The van der Waals surface area contributed by atoms with Gasteiger partial charge in [0.15, 0.2) is 10.3 Å². The van der Waals surface area contributed by atoms with Crippen LogP contribution in [0.3, 0.4) is 0 Å². The Morgan fingerprint density at radius 2 is 2.00 bits per heavy atom. The Balaban J connectivity index is 1.58. The van der Waals surface area contributed by atoms with Crippen LogP contribution in [0.2, 0.25) is 0 Å². The Morgan fingerprint density at radius 3 is 2.78 bits per heavy atom. The van der Waals surface area contributed by atoms with Gasteiger partial charge in [-0.3, -0.25) is 10.1 Å². The summed E-state index contributed by atoms with van der Waals surface area (Å²) in [5, 5.41) is 5.95. The van der Waals surface area contributed by atoms with Crippen molar-refractivity contribution in [2.24, 2.45) is 0 Å². The first kappa shape index (κ1) is 14.1. The van der Waals surface area contributed by atoms with Crippen molar-refractivity contribution in [1.82, 2.24) is 14.5 Å². The van der Waals surface area contributed by atoms with Gasteiger partial charge < -0.3 is 4.57 Å². The van der Waals surface area contributed by atoms with E-state index in [-0.39, 0.29) is 5.91 Å². The average Bonchev–Trinajstić information content (AvgIpc) is 3.27. The number of rotatable bonds is 3. The number of nitrogens with zero attached hydrogens (tertiary/aromatic N) is 3. The molecular formula is C16H12N4OS2. The Bertz CT molecular complexity index is 985. The zero-order valence-electron chi connectivity index (χ0n) is 12.2. The molecule has 0 unspecified atom stereocenters. The number of hydrogen-bond acceptors (Lipinski definition) is 5. The summed E-state index contributed by atoms with van der Waals surface area (Å²) in [6.45, 7) is 2.01. The molecule has 4 rings (SSSR count). The van der Waals surface area contributed by atoms with Crippen LogP contribution < -0.4 is 5.32 Å². The molecule has 4 aromatic rings. The fourth-order valence-corrected chi connectivity index (χ4v) is 3.96. The third-order valence-electron chi connectivity index (χ3n) is 3.39. The summed E-state index contributed by atoms with van der Waals surface area (Å²) in [4.78, 5) is 21.2. The largest absolute Gasteiger partial charge is 0.300 e. The number of hydrogen-bond donors (Lipinski definition) is 1. The molecule has 114 valence electrons. The van der Waals surface area contributed by atoms with Gasteiger partial charge in [0, 0.05) is 17.8 Å². The lowest BCUT2D eigenvalue weighted by atomic mass is 10.2. The maximum atomic E-state index is 12.3. The number of carbonyl (C=O) groups is 1. The van der Waals surface area contributed by atoms with Gasteiger partial charge in [-0.1, -0.05) is 23.5 Å². The number of aromatic nitrogens is 3. The Labute approximate surface area is 140 Å². The highest BCUT2D eigenvalue weighted by molar-refractivity contribution is 7.22. The van der Waals surface area contributed by atoms with Crippen molar-refractivity contribution < 1.29 is 4.79 Å². The molecule has 3 aromatic heterocycles. The first-order valence-electron chi connectivity index (χ1n) is 6.97. The third-order valence-corrected chi connectivity index (χ3v) is 5.18. The van der Waals surface area contributed by atoms with Crippen LogP contribution in [0, 0.1) is 6.92 Å². The first-order valence-corrected chi connectivity index (χ1v) is 8.67. The SMILES string of the molecule is Cc1cccc2sc(NC(=O)c3csc(-n4cccc4)n3)nc12. The van der Waals surface area contributed by atoms with E-state index >= 15 is 0 Å². The van der Waals surface area contributed by atoms with Gasteiger partial charge in [0.05, 0.1) is 10.2 Å².